The van der Waals surface area contributed by atoms with E-state index in [1.165, 1.54) is 0 Å². The average Bonchev–Trinajstić information content (AvgIpc) is 2.57. The van der Waals surface area contributed by atoms with Gasteiger partial charge in [0, 0.05) is 0 Å². The Balaban J connectivity index is 0.000000360. The van der Waals surface area contributed by atoms with Crippen LogP contribution in [0.2, 0.25) is 0 Å². The monoisotopic (exact) mass is 261 g/mol. The number of carbonyl (C=O) groups is 1. The van der Waals surface area contributed by atoms with Gasteiger partial charge in [-0.15, -0.1) is 0 Å². The van der Waals surface area contributed by atoms with Crippen molar-refractivity contribution in [3.8, 4) is 0 Å². The van der Waals surface area contributed by atoms with Crippen LogP contribution < -0.4 is 5.32 Å². The Hall–Kier alpha value is -0.650. The Morgan fingerprint density at radius 3 is 2.33 bits per heavy atom. The molecule has 0 bridgehead atoms. The molecule has 0 radical (unpaired) electrons. The molecule has 1 saturated heterocycles. The maximum atomic E-state index is 9.60. The molecule has 0 aliphatic carbocycles. The van der Waals surface area contributed by atoms with E-state index in [0.717, 1.165) is 6.42 Å². The maximum Gasteiger partial charge on any atom is 0.293 e. The van der Waals surface area contributed by atoms with Crippen molar-refractivity contribution in [1.29, 1.82) is 0 Å². The van der Waals surface area contributed by atoms with Crippen molar-refractivity contribution in [1.82, 2.24) is 5.32 Å². The average molecular weight is 261 g/mol. The third-order valence-corrected chi connectivity index (χ3v) is 2.44. The highest BCUT2D eigenvalue weighted by Crippen LogP contribution is 2.17. The van der Waals surface area contributed by atoms with Gasteiger partial charge in [0.25, 0.3) is 6.47 Å². The predicted molar refractivity (Wildman–Crippen MR) is 70.2 cm³/mol. The lowest BCUT2D eigenvalue weighted by Crippen LogP contribution is -2.44. The first-order chi connectivity index (χ1) is 8.11. The van der Waals surface area contributed by atoms with Gasteiger partial charge in [-0.2, -0.15) is 0 Å². The van der Waals surface area contributed by atoms with E-state index in [1.54, 1.807) is 0 Å². The van der Waals surface area contributed by atoms with Crippen molar-refractivity contribution in [2.24, 2.45) is 0 Å². The third-order valence-electron chi connectivity index (χ3n) is 2.44. The molecule has 108 valence electrons. The van der Waals surface area contributed by atoms with E-state index in [-0.39, 0.29) is 23.5 Å². The van der Waals surface area contributed by atoms with Crippen LogP contribution in [0, 0.1) is 0 Å². The molecule has 0 aromatic carbocycles. The smallest absolute Gasteiger partial charge is 0.293 e. The Labute approximate surface area is 110 Å². The van der Waals surface area contributed by atoms with E-state index in [4.69, 9.17) is 4.74 Å². The molecular formula is C13H27NO4. The molecule has 0 amide bonds. The Bertz CT molecular complexity index is 248. The van der Waals surface area contributed by atoms with Crippen LogP contribution in [0.5, 0.6) is 0 Å². The van der Waals surface area contributed by atoms with Crippen molar-refractivity contribution in [3.05, 3.63) is 0 Å². The van der Waals surface area contributed by atoms with Crippen LogP contribution in [0.15, 0.2) is 0 Å². The summed E-state index contributed by atoms with van der Waals surface area (Å²) in [6, 6.07) is 0.106. The third kappa shape index (κ3) is 7.63. The maximum absolute atomic E-state index is 9.60. The van der Waals surface area contributed by atoms with Gasteiger partial charge in [0.1, 0.15) is 11.3 Å². The van der Waals surface area contributed by atoms with E-state index >= 15 is 0 Å². The Kier molecular flexibility index (Phi) is 6.81. The lowest BCUT2D eigenvalue weighted by atomic mass is 10.1. The van der Waals surface area contributed by atoms with Crippen LogP contribution >= 0.6 is 0 Å². The van der Waals surface area contributed by atoms with Crippen LogP contribution in [-0.4, -0.2) is 41.7 Å². The molecule has 0 saturated carbocycles. The molecule has 1 rings (SSSR count). The van der Waals surface area contributed by atoms with Crippen molar-refractivity contribution < 1.29 is 19.4 Å². The van der Waals surface area contributed by atoms with E-state index < -0.39 is 0 Å². The van der Waals surface area contributed by atoms with Gasteiger partial charge in [0.15, 0.2) is 0 Å². The van der Waals surface area contributed by atoms with Gasteiger partial charge in [0.05, 0.1) is 18.8 Å². The van der Waals surface area contributed by atoms with Crippen molar-refractivity contribution >= 4 is 6.47 Å². The molecule has 1 aliphatic rings. The van der Waals surface area contributed by atoms with Gasteiger partial charge in [-0.1, -0.05) is 6.92 Å². The molecule has 1 aliphatic heterocycles. The summed E-state index contributed by atoms with van der Waals surface area (Å²) in [6.45, 7) is 12.4. The number of aliphatic hydroxyl groups is 1. The largest absolute Gasteiger partial charge is 0.462 e. The molecule has 2 atom stereocenters. The van der Waals surface area contributed by atoms with Gasteiger partial charge < -0.3 is 14.6 Å². The summed E-state index contributed by atoms with van der Waals surface area (Å²) in [7, 11) is 0. The molecule has 1 fully saturated rings. The van der Waals surface area contributed by atoms with Crippen LogP contribution in [-0.2, 0) is 14.3 Å². The minimum Gasteiger partial charge on any atom is -0.462 e. The van der Waals surface area contributed by atoms with Crippen LogP contribution in [0.25, 0.3) is 0 Å². The molecular weight excluding hydrogens is 234 g/mol. The lowest BCUT2D eigenvalue weighted by molar-refractivity contribution is -0.138. The lowest BCUT2D eigenvalue weighted by Gasteiger charge is -2.20. The van der Waals surface area contributed by atoms with Crippen LogP contribution in [0.1, 0.15) is 48.0 Å². The number of rotatable bonds is 3. The SMILES string of the molecule is CC(C)(C)OC=O.CCC(O)[C@H]1COC(C)(C)N1. The van der Waals surface area contributed by atoms with E-state index in [1.807, 2.05) is 41.5 Å². The highest BCUT2D eigenvalue weighted by molar-refractivity contribution is 5.37. The zero-order chi connectivity index (χ0) is 14.4. The fourth-order valence-electron chi connectivity index (χ4n) is 1.46. The summed E-state index contributed by atoms with van der Waals surface area (Å²) in [5, 5.41) is 12.7. The number of nitrogens with one attached hydrogen (secondary N) is 1. The summed E-state index contributed by atoms with van der Waals surface area (Å²) < 4.78 is 9.95. The second-order valence-corrected chi connectivity index (χ2v) is 5.87. The second kappa shape index (κ2) is 7.07. The van der Waals surface area contributed by atoms with Gasteiger partial charge in [-0.05, 0) is 41.0 Å². The normalized spacial score (nSPS) is 23.8. The number of aliphatic hydroxyl groups excluding tert-OH is 1. The topological polar surface area (TPSA) is 67.8 Å². The minimum absolute atomic E-state index is 0.106. The molecule has 0 aromatic heterocycles. The Morgan fingerprint density at radius 2 is 2.11 bits per heavy atom. The fourth-order valence-corrected chi connectivity index (χ4v) is 1.46. The molecule has 1 unspecified atom stereocenters. The summed E-state index contributed by atoms with van der Waals surface area (Å²) in [5.74, 6) is 0. The minimum atomic E-state index is -0.318. The molecule has 0 aromatic rings. The van der Waals surface area contributed by atoms with Crippen molar-refractivity contribution in [3.63, 3.8) is 0 Å². The number of ether oxygens (including phenoxy) is 2. The summed E-state index contributed by atoms with van der Waals surface area (Å²) in [6.07, 6.45) is 0.494. The molecule has 5 heteroatoms. The zero-order valence-corrected chi connectivity index (χ0v) is 12.3. The molecule has 1 heterocycles. The van der Waals surface area contributed by atoms with Crippen molar-refractivity contribution in [2.75, 3.05) is 6.61 Å². The second-order valence-electron chi connectivity index (χ2n) is 5.87. The first kappa shape index (κ1) is 17.4. The fraction of sp³-hybridized carbons (Fsp3) is 0.923. The summed E-state index contributed by atoms with van der Waals surface area (Å²) in [4.78, 5) is 9.60. The number of carbonyl (C=O) groups excluding carboxylic acids is 1. The summed E-state index contributed by atoms with van der Waals surface area (Å²) >= 11 is 0. The summed E-state index contributed by atoms with van der Waals surface area (Å²) in [5.41, 5.74) is -0.581. The Morgan fingerprint density at radius 1 is 1.56 bits per heavy atom. The van der Waals surface area contributed by atoms with Crippen LogP contribution in [0.3, 0.4) is 0 Å². The van der Waals surface area contributed by atoms with Crippen LogP contribution in [0.4, 0.5) is 0 Å². The molecule has 5 nitrogen and oxygen atoms in total. The van der Waals surface area contributed by atoms with Gasteiger partial charge in [-0.25, -0.2) is 0 Å². The van der Waals surface area contributed by atoms with E-state index in [0.29, 0.717) is 13.1 Å². The number of hydrogen-bond donors (Lipinski definition) is 2. The molecule has 2 N–H and O–H groups in total. The highest BCUT2D eigenvalue weighted by atomic mass is 16.5. The van der Waals surface area contributed by atoms with Crippen molar-refractivity contribution in [2.45, 2.75) is 71.4 Å². The highest BCUT2D eigenvalue weighted by Gasteiger charge is 2.33. The number of hydrogen-bond acceptors (Lipinski definition) is 5. The van der Waals surface area contributed by atoms with Gasteiger partial charge >= 0.3 is 0 Å². The van der Waals surface area contributed by atoms with Gasteiger partial charge in [0.2, 0.25) is 0 Å². The quantitative estimate of drug-likeness (QED) is 0.752. The standard InChI is InChI=1S/C8H17NO2.C5H10O2/c1-4-7(10)6-5-11-8(2,3)9-6;1-5(2,3)7-4-6/h6-7,9-10H,4-5H2,1-3H3;4H,1-3H3/t6-,7?;/m1./s1. The predicted octanol–water partition coefficient (Wildman–Crippen LogP) is 1.44. The van der Waals surface area contributed by atoms with E-state index in [9.17, 15) is 9.90 Å². The molecule has 18 heavy (non-hydrogen) atoms. The first-order valence-corrected chi connectivity index (χ1v) is 6.32. The molecule has 0 spiro atoms. The zero-order valence-electron chi connectivity index (χ0n) is 12.3. The van der Waals surface area contributed by atoms with E-state index in [2.05, 4.69) is 10.1 Å². The first-order valence-electron chi connectivity index (χ1n) is 6.32. The van der Waals surface area contributed by atoms with Gasteiger partial charge in [-0.3, -0.25) is 10.1 Å².